The average Bonchev–Trinajstić information content (AvgIpc) is 3.04. The van der Waals surface area contributed by atoms with Crippen molar-refractivity contribution in [2.75, 3.05) is 0 Å². The summed E-state index contributed by atoms with van der Waals surface area (Å²) in [7, 11) is 0. The van der Waals surface area contributed by atoms with Crippen molar-refractivity contribution < 1.29 is 4.79 Å². The third-order valence-electron chi connectivity index (χ3n) is 4.76. The lowest BCUT2D eigenvalue weighted by molar-refractivity contribution is 0.0975. The van der Waals surface area contributed by atoms with Crippen LogP contribution in [0.3, 0.4) is 0 Å². The molecular formula is C25H21NO. The van der Waals surface area contributed by atoms with E-state index in [9.17, 15) is 4.79 Å². The standard InChI is InChI=1S/C25H21NO/c1-3-10-23(27)26-22-16-15-18(2)17-21(22)24(19-11-6-4-7-12-19)25(26)20-13-8-5-9-14-20/h3-17H,1-2H3/b10-3+. The molecule has 0 saturated heterocycles. The van der Waals surface area contributed by atoms with E-state index in [4.69, 9.17) is 0 Å². The van der Waals surface area contributed by atoms with Crippen molar-refractivity contribution in [2.24, 2.45) is 0 Å². The Balaban J connectivity index is 2.19. The Labute approximate surface area is 159 Å². The summed E-state index contributed by atoms with van der Waals surface area (Å²) in [6.07, 6.45) is 3.42. The van der Waals surface area contributed by atoms with E-state index >= 15 is 0 Å². The van der Waals surface area contributed by atoms with Crippen molar-refractivity contribution in [3.63, 3.8) is 0 Å². The average molecular weight is 351 g/mol. The molecule has 0 N–H and O–H groups in total. The Bertz CT molecular complexity index is 1140. The van der Waals surface area contributed by atoms with Crippen LogP contribution in [0.1, 0.15) is 17.3 Å². The van der Waals surface area contributed by atoms with Crippen LogP contribution < -0.4 is 0 Å². The van der Waals surface area contributed by atoms with Gasteiger partial charge in [0, 0.05) is 10.9 Å². The molecule has 0 atom stereocenters. The third kappa shape index (κ3) is 3.00. The summed E-state index contributed by atoms with van der Waals surface area (Å²) in [5.74, 6) is -0.0348. The lowest BCUT2D eigenvalue weighted by atomic mass is 9.98. The first-order valence-corrected chi connectivity index (χ1v) is 9.13. The van der Waals surface area contributed by atoms with Crippen molar-refractivity contribution in [1.82, 2.24) is 4.57 Å². The molecule has 2 nitrogen and oxygen atoms in total. The van der Waals surface area contributed by atoms with Gasteiger partial charge in [0.1, 0.15) is 0 Å². The Kier molecular flexibility index (Phi) is 4.47. The van der Waals surface area contributed by atoms with Crippen molar-refractivity contribution in [3.8, 4) is 22.4 Å². The minimum Gasteiger partial charge on any atom is -0.276 e. The Morgan fingerprint density at radius 3 is 2.11 bits per heavy atom. The molecule has 0 saturated carbocycles. The van der Waals surface area contributed by atoms with E-state index in [2.05, 4.69) is 43.3 Å². The van der Waals surface area contributed by atoms with E-state index in [0.717, 1.165) is 33.3 Å². The molecule has 0 amide bonds. The predicted molar refractivity (Wildman–Crippen MR) is 113 cm³/mol. The molecule has 0 radical (unpaired) electrons. The molecule has 0 unspecified atom stereocenters. The lowest BCUT2D eigenvalue weighted by Gasteiger charge is -2.10. The fourth-order valence-corrected chi connectivity index (χ4v) is 3.62. The highest BCUT2D eigenvalue weighted by Crippen LogP contribution is 2.41. The van der Waals surface area contributed by atoms with Crippen LogP contribution in [0.5, 0.6) is 0 Å². The molecule has 0 aliphatic heterocycles. The van der Waals surface area contributed by atoms with Gasteiger partial charge in [0.25, 0.3) is 5.91 Å². The summed E-state index contributed by atoms with van der Waals surface area (Å²) >= 11 is 0. The molecule has 27 heavy (non-hydrogen) atoms. The van der Waals surface area contributed by atoms with Gasteiger partial charge < -0.3 is 0 Å². The molecule has 2 heteroatoms. The van der Waals surface area contributed by atoms with Gasteiger partial charge in [-0.25, -0.2) is 0 Å². The Morgan fingerprint density at radius 1 is 0.852 bits per heavy atom. The van der Waals surface area contributed by atoms with E-state index < -0.39 is 0 Å². The van der Waals surface area contributed by atoms with E-state index in [1.165, 1.54) is 5.56 Å². The number of hydrogen-bond donors (Lipinski definition) is 0. The van der Waals surface area contributed by atoms with E-state index in [-0.39, 0.29) is 5.91 Å². The molecular weight excluding hydrogens is 330 g/mol. The first kappa shape index (κ1) is 17.0. The number of fused-ring (bicyclic) bond motifs is 1. The molecule has 3 aromatic carbocycles. The SMILES string of the molecule is C/C=C/C(=O)n1c(-c2ccccc2)c(-c2ccccc2)c2cc(C)ccc21. The molecule has 1 heterocycles. The van der Waals surface area contributed by atoms with Crippen LogP contribution in [0, 0.1) is 6.92 Å². The molecule has 0 bridgehead atoms. The van der Waals surface area contributed by atoms with Crippen LogP contribution in [-0.4, -0.2) is 10.5 Å². The zero-order valence-corrected chi connectivity index (χ0v) is 15.5. The largest absolute Gasteiger partial charge is 0.276 e. The molecule has 4 aromatic rings. The molecule has 4 rings (SSSR count). The van der Waals surface area contributed by atoms with Gasteiger partial charge in [0.15, 0.2) is 0 Å². The second kappa shape index (κ2) is 7.08. The summed E-state index contributed by atoms with van der Waals surface area (Å²) in [6.45, 7) is 3.95. The predicted octanol–water partition coefficient (Wildman–Crippen LogP) is 6.50. The zero-order chi connectivity index (χ0) is 18.8. The van der Waals surface area contributed by atoms with Gasteiger partial charge in [-0.1, -0.05) is 78.4 Å². The normalized spacial score (nSPS) is 11.3. The van der Waals surface area contributed by atoms with Gasteiger partial charge in [-0.05, 0) is 43.2 Å². The topological polar surface area (TPSA) is 22.0 Å². The summed E-state index contributed by atoms with van der Waals surface area (Å²) in [4.78, 5) is 13.1. The summed E-state index contributed by atoms with van der Waals surface area (Å²) in [6, 6.07) is 26.7. The fourth-order valence-electron chi connectivity index (χ4n) is 3.62. The lowest BCUT2D eigenvalue weighted by Crippen LogP contribution is -2.09. The maximum Gasteiger partial charge on any atom is 0.255 e. The van der Waals surface area contributed by atoms with E-state index in [0.29, 0.717) is 0 Å². The third-order valence-corrected chi connectivity index (χ3v) is 4.76. The molecule has 0 aliphatic carbocycles. The number of nitrogens with zero attached hydrogens (tertiary/aromatic N) is 1. The highest BCUT2D eigenvalue weighted by atomic mass is 16.1. The first-order valence-electron chi connectivity index (χ1n) is 9.13. The van der Waals surface area contributed by atoms with Gasteiger partial charge >= 0.3 is 0 Å². The summed E-state index contributed by atoms with van der Waals surface area (Å²) in [5.41, 5.74) is 6.28. The number of rotatable bonds is 3. The van der Waals surface area contributed by atoms with Crippen molar-refractivity contribution >= 4 is 16.8 Å². The first-order chi connectivity index (χ1) is 13.2. The highest BCUT2D eigenvalue weighted by Gasteiger charge is 2.22. The van der Waals surface area contributed by atoms with Gasteiger partial charge in [-0.15, -0.1) is 0 Å². The van der Waals surface area contributed by atoms with Crippen LogP contribution in [-0.2, 0) is 0 Å². The smallest absolute Gasteiger partial charge is 0.255 e. The zero-order valence-electron chi connectivity index (χ0n) is 15.5. The molecule has 1 aromatic heterocycles. The quantitative estimate of drug-likeness (QED) is 0.386. The second-order valence-corrected chi connectivity index (χ2v) is 6.65. The summed E-state index contributed by atoms with van der Waals surface area (Å²) in [5, 5.41) is 1.10. The fraction of sp³-hybridized carbons (Fsp3) is 0.0800. The Hall–Kier alpha value is -3.39. The van der Waals surface area contributed by atoms with Gasteiger partial charge in [-0.3, -0.25) is 9.36 Å². The molecule has 0 fully saturated rings. The number of carbonyl (C=O) groups is 1. The minimum absolute atomic E-state index is 0.0348. The van der Waals surface area contributed by atoms with Crippen molar-refractivity contribution in [3.05, 3.63) is 96.6 Å². The summed E-state index contributed by atoms with van der Waals surface area (Å²) < 4.78 is 1.84. The number of allylic oxidation sites excluding steroid dienone is 2. The molecule has 0 spiro atoms. The highest BCUT2D eigenvalue weighted by molar-refractivity contribution is 6.11. The van der Waals surface area contributed by atoms with E-state index in [1.54, 1.807) is 12.2 Å². The van der Waals surface area contributed by atoms with Crippen LogP contribution in [0.25, 0.3) is 33.3 Å². The van der Waals surface area contributed by atoms with Crippen LogP contribution in [0.15, 0.2) is 91.0 Å². The monoisotopic (exact) mass is 351 g/mol. The Morgan fingerprint density at radius 2 is 1.48 bits per heavy atom. The van der Waals surface area contributed by atoms with Crippen LogP contribution in [0.2, 0.25) is 0 Å². The number of benzene rings is 3. The van der Waals surface area contributed by atoms with E-state index in [1.807, 2.05) is 54.0 Å². The van der Waals surface area contributed by atoms with Crippen molar-refractivity contribution in [2.45, 2.75) is 13.8 Å². The maximum absolute atomic E-state index is 13.1. The number of hydrogen-bond acceptors (Lipinski definition) is 1. The number of aryl methyl sites for hydroxylation is 1. The van der Waals surface area contributed by atoms with Crippen LogP contribution >= 0.6 is 0 Å². The maximum atomic E-state index is 13.1. The number of aromatic nitrogens is 1. The molecule has 132 valence electrons. The van der Waals surface area contributed by atoms with Gasteiger partial charge in [0.05, 0.1) is 11.2 Å². The van der Waals surface area contributed by atoms with Crippen molar-refractivity contribution in [1.29, 1.82) is 0 Å². The van der Waals surface area contributed by atoms with Gasteiger partial charge in [-0.2, -0.15) is 0 Å². The minimum atomic E-state index is -0.0348. The molecule has 0 aliphatic rings. The number of carbonyl (C=O) groups excluding carboxylic acids is 1. The van der Waals surface area contributed by atoms with Crippen LogP contribution in [0.4, 0.5) is 0 Å². The van der Waals surface area contributed by atoms with Gasteiger partial charge in [0.2, 0.25) is 0 Å². The second-order valence-electron chi connectivity index (χ2n) is 6.65.